The van der Waals surface area contributed by atoms with Gasteiger partial charge in [0.2, 0.25) is 0 Å². The molecule has 0 amide bonds. The van der Waals surface area contributed by atoms with Crippen LogP contribution in [0.5, 0.6) is 0 Å². The van der Waals surface area contributed by atoms with Gasteiger partial charge in [-0.2, -0.15) is 0 Å². The first-order valence-corrected chi connectivity index (χ1v) is 4.55. The summed E-state index contributed by atoms with van der Waals surface area (Å²) in [5, 5.41) is 13.8. The lowest BCUT2D eigenvalue weighted by Crippen LogP contribution is -2.12. The first-order chi connectivity index (χ1) is 8.88. The molecule has 1 aromatic rings. The average molecular weight is 213 g/mol. The van der Waals surface area contributed by atoms with Crippen molar-refractivity contribution >= 4 is 0 Å². The van der Waals surface area contributed by atoms with Crippen LogP contribution in [0.1, 0.15) is 30.0 Å². The van der Waals surface area contributed by atoms with Gasteiger partial charge in [-0.25, -0.2) is 0 Å². The third kappa shape index (κ3) is 4.03. The van der Waals surface area contributed by atoms with Crippen LogP contribution in [0.2, 0.25) is 0 Å². The monoisotopic (exact) mass is 213 g/mol. The molecule has 5 heteroatoms. The van der Waals surface area contributed by atoms with E-state index in [9.17, 15) is 10.0 Å². The Labute approximate surface area is 94.3 Å². The van der Waals surface area contributed by atoms with E-state index in [-0.39, 0.29) is 24.2 Å². The largest absolute Gasteiger partial charge is 0.388 e. The molecule has 0 spiro atoms. The number of nitrogens with zero attached hydrogens (tertiary/aromatic N) is 3. The average Bonchev–Trinajstić information content (AvgIpc) is 2.35. The first kappa shape index (κ1) is 6.90. The lowest BCUT2D eigenvalue weighted by molar-refractivity contribution is 0.158. The zero-order valence-electron chi connectivity index (χ0n) is 12.4. The fraction of sp³-hybridized carbons (Fsp3) is 0.500. The summed E-state index contributed by atoms with van der Waals surface area (Å²) in [5.41, 5.74) is -0.0530. The lowest BCUT2D eigenvalue weighted by Gasteiger charge is -2.12. The van der Waals surface area contributed by atoms with Crippen LogP contribution in [0.25, 0.3) is 0 Å². The fourth-order valence-electron chi connectivity index (χ4n) is 1.10. The van der Waals surface area contributed by atoms with Crippen LogP contribution < -0.4 is 0 Å². The molecule has 0 fully saturated rings. The number of aliphatic hydroxyl groups excluding tert-OH is 1. The molecule has 1 heterocycles. The highest BCUT2D eigenvalue weighted by Gasteiger charge is 2.07. The molecular weight excluding hydrogens is 194 g/mol. The Bertz CT molecular complexity index is 473. The van der Waals surface area contributed by atoms with Gasteiger partial charge in [0, 0.05) is 25.9 Å². The molecular formula is C10H15N3O2. The summed E-state index contributed by atoms with van der Waals surface area (Å²) in [6, 6.07) is -0.754. The van der Waals surface area contributed by atoms with Crippen LogP contribution in [0, 0.1) is 4.91 Å². The maximum absolute atomic E-state index is 10.1. The van der Waals surface area contributed by atoms with Crippen LogP contribution in [0.3, 0.4) is 0 Å². The van der Waals surface area contributed by atoms with Crippen molar-refractivity contribution in [1.29, 1.82) is 0 Å². The fourth-order valence-corrected chi connectivity index (χ4v) is 1.10. The molecule has 0 aliphatic heterocycles. The molecule has 5 nitrogen and oxygen atoms in total. The molecule has 1 unspecified atom stereocenters. The van der Waals surface area contributed by atoms with Crippen LogP contribution >= 0.6 is 0 Å². The van der Waals surface area contributed by atoms with E-state index in [2.05, 4.69) is 10.3 Å². The zero-order valence-corrected chi connectivity index (χ0v) is 8.40. The number of aliphatic hydroxyl groups is 1. The van der Waals surface area contributed by atoms with Crippen LogP contribution in [-0.4, -0.2) is 28.7 Å². The molecule has 0 aromatic carbocycles. The predicted molar refractivity (Wildman–Crippen MR) is 56.9 cm³/mol. The van der Waals surface area contributed by atoms with Crippen LogP contribution in [-0.2, 0) is 0 Å². The lowest BCUT2D eigenvalue weighted by atomic mass is 10.1. The first-order valence-electron chi connectivity index (χ1n) is 6.55. The SMILES string of the molecule is [2H]c1nc([2H])c(C(O)CCCN(C)N=O)c([2H])c1[2H]. The minimum absolute atomic E-state index is 0.0530. The van der Waals surface area contributed by atoms with Crippen molar-refractivity contribution in [3.8, 4) is 0 Å². The van der Waals surface area contributed by atoms with E-state index in [1.165, 1.54) is 12.1 Å². The van der Waals surface area contributed by atoms with Crippen LogP contribution in [0.15, 0.2) is 29.7 Å². The van der Waals surface area contributed by atoms with Crippen molar-refractivity contribution in [3.63, 3.8) is 0 Å². The van der Waals surface area contributed by atoms with E-state index in [4.69, 9.17) is 5.48 Å². The van der Waals surface area contributed by atoms with E-state index < -0.39 is 18.3 Å². The number of hydrogen-bond donors (Lipinski definition) is 1. The van der Waals surface area contributed by atoms with Crippen molar-refractivity contribution in [2.75, 3.05) is 13.6 Å². The Morgan fingerprint density at radius 3 is 3.33 bits per heavy atom. The minimum atomic E-state index is -1.11. The molecule has 1 rings (SSSR count). The molecule has 0 saturated carbocycles. The Balaban J connectivity index is 2.80. The van der Waals surface area contributed by atoms with Crippen molar-refractivity contribution in [1.82, 2.24) is 9.99 Å². The standard InChI is InChI=1S/C10H15N3O2/c1-13(12-15)7-3-5-10(14)9-4-2-6-11-8-9/h2,4,6,8,10,14H,3,5,7H2,1H3/i2D,4D,6D,8D. The van der Waals surface area contributed by atoms with Crippen molar-refractivity contribution in [2.24, 2.45) is 5.29 Å². The summed E-state index contributed by atoms with van der Waals surface area (Å²) >= 11 is 0. The van der Waals surface area contributed by atoms with Crippen molar-refractivity contribution in [3.05, 3.63) is 34.9 Å². The number of nitroso groups, excluding NO2 is 1. The molecule has 1 aromatic heterocycles. The van der Waals surface area contributed by atoms with Gasteiger partial charge in [0.1, 0.15) is 0 Å². The summed E-state index contributed by atoms with van der Waals surface area (Å²) in [6.07, 6.45) is -1.26. The van der Waals surface area contributed by atoms with E-state index >= 15 is 0 Å². The van der Waals surface area contributed by atoms with E-state index in [0.29, 0.717) is 13.0 Å². The van der Waals surface area contributed by atoms with Crippen molar-refractivity contribution < 1.29 is 10.6 Å². The van der Waals surface area contributed by atoms with Gasteiger partial charge in [0.25, 0.3) is 0 Å². The molecule has 15 heavy (non-hydrogen) atoms. The third-order valence-corrected chi connectivity index (χ3v) is 1.92. The Morgan fingerprint density at radius 2 is 2.60 bits per heavy atom. The number of aromatic nitrogens is 1. The highest BCUT2D eigenvalue weighted by molar-refractivity contribution is 5.11. The Morgan fingerprint density at radius 1 is 1.80 bits per heavy atom. The number of pyridine rings is 1. The van der Waals surface area contributed by atoms with E-state index in [1.807, 2.05) is 0 Å². The van der Waals surface area contributed by atoms with E-state index in [1.54, 1.807) is 0 Å². The van der Waals surface area contributed by atoms with Gasteiger partial charge < -0.3 is 5.11 Å². The Hall–Kier alpha value is -1.49. The van der Waals surface area contributed by atoms with Crippen molar-refractivity contribution in [2.45, 2.75) is 18.9 Å². The maximum atomic E-state index is 10.1. The van der Waals surface area contributed by atoms with Gasteiger partial charge in [0.15, 0.2) is 0 Å². The topological polar surface area (TPSA) is 65.8 Å². The summed E-state index contributed by atoms with van der Waals surface area (Å²) in [6.45, 7) is 0.346. The Kier molecular flexibility index (Phi) is 2.80. The van der Waals surface area contributed by atoms with Gasteiger partial charge >= 0.3 is 0 Å². The number of rotatable bonds is 6. The second kappa shape index (κ2) is 6.08. The molecule has 82 valence electrons. The van der Waals surface area contributed by atoms with Gasteiger partial charge in [0.05, 0.1) is 16.9 Å². The van der Waals surface area contributed by atoms with Crippen LogP contribution in [0.4, 0.5) is 0 Å². The van der Waals surface area contributed by atoms with Gasteiger partial charge in [-0.3, -0.25) is 9.99 Å². The molecule has 0 saturated heterocycles. The normalized spacial score (nSPS) is 15.9. The molecule has 1 atom stereocenters. The summed E-state index contributed by atoms with van der Waals surface area (Å²) < 4.78 is 30.0. The third-order valence-electron chi connectivity index (χ3n) is 1.92. The van der Waals surface area contributed by atoms with E-state index in [0.717, 1.165) is 0 Å². The molecule has 0 radical (unpaired) electrons. The summed E-state index contributed by atoms with van der Waals surface area (Å²) in [4.78, 5) is 13.6. The molecule has 0 bridgehead atoms. The second-order valence-electron chi connectivity index (χ2n) is 3.12. The smallest absolute Gasteiger partial charge is 0.0844 e. The highest BCUT2D eigenvalue weighted by Crippen LogP contribution is 2.16. The van der Waals surface area contributed by atoms with Gasteiger partial charge in [-0.1, -0.05) is 6.04 Å². The molecule has 0 aliphatic rings. The maximum Gasteiger partial charge on any atom is 0.0844 e. The highest BCUT2D eigenvalue weighted by atomic mass is 16.3. The van der Waals surface area contributed by atoms with Gasteiger partial charge in [-0.15, -0.1) is 4.91 Å². The zero-order chi connectivity index (χ0) is 14.6. The number of hydrogen-bond acceptors (Lipinski definition) is 4. The van der Waals surface area contributed by atoms with Gasteiger partial charge in [-0.05, 0) is 24.4 Å². The minimum Gasteiger partial charge on any atom is -0.388 e. The predicted octanol–water partition coefficient (Wildman–Crippen LogP) is 1.51. The quantitative estimate of drug-likeness (QED) is 0.574. The summed E-state index contributed by atoms with van der Waals surface area (Å²) in [7, 11) is 1.50. The second-order valence-corrected chi connectivity index (χ2v) is 3.12. The molecule has 1 N–H and O–H groups in total. The summed E-state index contributed by atoms with van der Waals surface area (Å²) in [5.74, 6) is 0. The molecule has 0 aliphatic carbocycles.